The molecule has 0 saturated heterocycles. The second-order valence-electron chi connectivity index (χ2n) is 4.96. The summed E-state index contributed by atoms with van der Waals surface area (Å²) in [6.45, 7) is 2.29. The first kappa shape index (κ1) is 17.1. The van der Waals surface area contributed by atoms with E-state index in [1.807, 2.05) is 36.5 Å². The number of carbonyl (C=O) groups excluding carboxylic acids is 1. The maximum absolute atomic E-state index is 12.0. The summed E-state index contributed by atoms with van der Waals surface area (Å²) in [5, 5.41) is 6.36. The van der Waals surface area contributed by atoms with E-state index in [1.165, 1.54) is 0 Å². The fourth-order valence-corrected chi connectivity index (χ4v) is 2.54. The molecule has 6 heteroatoms. The van der Waals surface area contributed by atoms with Gasteiger partial charge < -0.3 is 10.6 Å². The lowest BCUT2D eigenvalue weighted by molar-refractivity contribution is -0.682. The zero-order valence-electron chi connectivity index (χ0n) is 11.9. The normalized spacial score (nSPS) is 12.0. The van der Waals surface area contributed by atoms with Crippen LogP contribution in [0.4, 0.5) is 5.69 Å². The molecule has 0 bridgehead atoms. The smallest absolute Gasteiger partial charge is 0.279 e. The Bertz CT molecular complexity index is 676. The molecule has 1 amide bonds. The van der Waals surface area contributed by atoms with Gasteiger partial charge in [0.05, 0.1) is 10.7 Å². The molecule has 0 spiro atoms. The van der Waals surface area contributed by atoms with Crippen molar-refractivity contribution < 1.29 is 10.1 Å². The predicted octanol–water partition coefficient (Wildman–Crippen LogP) is 3.91. The minimum atomic E-state index is -0.141. The van der Waals surface area contributed by atoms with Crippen LogP contribution in [0.3, 0.4) is 0 Å². The molecule has 1 atom stereocenters. The van der Waals surface area contributed by atoms with Crippen LogP contribution in [0.5, 0.6) is 0 Å². The SMILES string of the molecule is C[C@H]([NH2+]CC(=O)Nc1cc(Cl)ccc1Cl)c1cccc(Cl)c1. The predicted molar refractivity (Wildman–Crippen MR) is 91.8 cm³/mol. The topological polar surface area (TPSA) is 45.7 Å². The van der Waals surface area contributed by atoms with Gasteiger partial charge in [0.1, 0.15) is 6.04 Å². The molecule has 0 unspecified atom stereocenters. The summed E-state index contributed by atoms with van der Waals surface area (Å²) in [5.74, 6) is -0.141. The number of benzene rings is 2. The molecule has 22 heavy (non-hydrogen) atoms. The summed E-state index contributed by atoms with van der Waals surface area (Å²) in [4.78, 5) is 12.0. The minimum absolute atomic E-state index is 0.124. The first-order valence-corrected chi connectivity index (χ1v) is 7.93. The van der Waals surface area contributed by atoms with Gasteiger partial charge in [-0.05, 0) is 37.3 Å². The molecule has 0 heterocycles. The van der Waals surface area contributed by atoms with Crippen LogP contribution in [0.25, 0.3) is 0 Å². The lowest BCUT2D eigenvalue weighted by Gasteiger charge is -2.12. The molecule has 2 rings (SSSR count). The van der Waals surface area contributed by atoms with Crippen LogP contribution in [0.2, 0.25) is 15.1 Å². The summed E-state index contributed by atoms with van der Waals surface area (Å²) in [6, 6.07) is 12.7. The van der Waals surface area contributed by atoms with Crippen molar-refractivity contribution in [2.45, 2.75) is 13.0 Å². The van der Waals surface area contributed by atoms with E-state index in [-0.39, 0.29) is 18.5 Å². The summed E-state index contributed by atoms with van der Waals surface area (Å²) in [7, 11) is 0. The number of hydrogen-bond donors (Lipinski definition) is 2. The Balaban J connectivity index is 1.91. The third-order valence-corrected chi connectivity index (χ3v) is 4.03. The Hall–Kier alpha value is -1.26. The first-order valence-electron chi connectivity index (χ1n) is 6.79. The molecule has 0 saturated carbocycles. The van der Waals surface area contributed by atoms with Crippen molar-refractivity contribution in [2.24, 2.45) is 0 Å². The van der Waals surface area contributed by atoms with Crippen molar-refractivity contribution >= 4 is 46.4 Å². The first-order chi connectivity index (χ1) is 10.5. The van der Waals surface area contributed by atoms with Crippen molar-refractivity contribution in [1.82, 2.24) is 0 Å². The average Bonchev–Trinajstić information content (AvgIpc) is 2.48. The molecule has 3 nitrogen and oxygen atoms in total. The van der Waals surface area contributed by atoms with Crippen LogP contribution in [0.15, 0.2) is 42.5 Å². The van der Waals surface area contributed by atoms with Crippen LogP contribution in [-0.2, 0) is 4.79 Å². The molecule has 116 valence electrons. The number of anilines is 1. The second kappa shape index (κ2) is 7.84. The van der Waals surface area contributed by atoms with Gasteiger partial charge >= 0.3 is 0 Å². The van der Waals surface area contributed by atoms with E-state index >= 15 is 0 Å². The van der Waals surface area contributed by atoms with Gasteiger partial charge in [0, 0.05) is 15.6 Å². The highest BCUT2D eigenvalue weighted by Gasteiger charge is 2.13. The molecule has 0 fully saturated rings. The fraction of sp³-hybridized carbons (Fsp3) is 0.188. The van der Waals surface area contributed by atoms with E-state index in [4.69, 9.17) is 34.8 Å². The van der Waals surface area contributed by atoms with Crippen LogP contribution >= 0.6 is 34.8 Å². The van der Waals surface area contributed by atoms with Crippen molar-refractivity contribution in [1.29, 1.82) is 0 Å². The highest BCUT2D eigenvalue weighted by atomic mass is 35.5. The molecular weight excluding hydrogens is 343 g/mol. The number of nitrogens with one attached hydrogen (secondary N) is 1. The van der Waals surface area contributed by atoms with Crippen LogP contribution in [0, 0.1) is 0 Å². The number of carbonyl (C=O) groups is 1. The van der Waals surface area contributed by atoms with Gasteiger partial charge in [-0.15, -0.1) is 0 Å². The molecule has 2 aromatic rings. The third kappa shape index (κ3) is 4.89. The number of rotatable bonds is 5. The second-order valence-corrected chi connectivity index (χ2v) is 6.24. The largest absolute Gasteiger partial charge is 0.333 e. The molecular formula is C16H16Cl3N2O+. The van der Waals surface area contributed by atoms with Crippen LogP contribution in [0.1, 0.15) is 18.5 Å². The zero-order valence-corrected chi connectivity index (χ0v) is 14.2. The average molecular weight is 359 g/mol. The van der Waals surface area contributed by atoms with Gasteiger partial charge in [-0.2, -0.15) is 0 Å². The number of quaternary nitrogens is 1. The minimum Gasteiger partial charge on any atom is -0.333 e. The summed E-state index contributed by atoms with van der Waals surface area (Å²) >= 11 is 17.9. The Morgan fingerprint density at radius 1 is 1.14 bits per heavy atom. The number of halogens is 3. The highest BCUT2D eigenvalue weighted by molar-refractivity contribution is 6.35. The van der Waals surface area contributed by atoms with E-state index in [1.54, 1.807) is 18.2 Å². The number of hydrogen-bond acceptors (Lipinski definition) is 1. The van der Waals surface area contributed by atoms with Crippen molar-refractivity contribution in [2.75, 3.05) is 11.9 Å². The fourth-order valence-electron chi connectivity index (χ4n) is 2.00. The lowest BCUT2D eigenvalue weighted by Crippen LogP contribution is -2.86. The Morgan fingerprint density at radius 2 is 1.86 bits per heavy atom. The van der Waals surface area contributed by atoms with Gasteiger partial charge in [-0.1, -0.05) is 46.9 Å². The maximum atomic E-state index is 12.0. The van der Waals surface area contributed by atoms with Crippen LogP contribution in [-0.4, -0.2) is 12.5 Å². The van der Waals surface area contributed by atoms with Gasteiger partial charge in [0.2, 0.25) is 0 Å². The quantitative estimate of drug-likeness (QED) is 0.836. The van der Waals surface area contributed by atoms with Gasteiger partial charge in [0.15, 0.2) is 6.54 Å². The van der Waals surface area contributed by atoms with E-state index in [9.17, 15) is 4.79 Å². The van der Waals surface area contributed by atoms with Crippen molar-refractivity contribution in [3.05, 3.63) is 63.1 Å². The molecule has 0 radical (unpaired) electrons. The van der Waals surface area contributed by atoms with Crippen molar-refractivity contribution in [3.63, 3.8) is 0 Å². The Labute approximate surface area is 144 Å². The van der Waals surface area contributed by atoms with E-state index < -0.39 is 0 Å². The highest BCUT2D eigenvalue weighted by Crippen LogP contribution is 2.25. The van der Waals surface area contributed by atoms with Gasteiger partial charge in [0.25, 0.3) is 5.91 Å². The lowest BCUT2D eigenvalue weighted by atomic mass is 10.1. The molecule has 0 aromatic heterocycles. The molecule has 0 aliphatic rings. The zero-order chi connectivity index (χ0) is 16.1. The van der Waals surface area contributed by atoms with E-state index in [0.717, 1.165) is 5.56 Å². The van der Waals surface area contributed by atoms with Gasteiger partial charge in [-0.3, -0.25) is 4.79 Å². The maximum Gasteiger partial charge on any atom is 0.279 e. The molecule has 0 aliphatic carbocycles. The van der Waals surface area contributed by atoms with E-state index in [2.05, 4.69) is 5.32 Å². The van der Waals surface area contributed by atoms with Crippen molar-refractivity contribution in [3.8, 4) is 0 Å². The summed E-state index contributed by atoms with van der Waals surface area (Å²) < 4.78 is 0. The van der Waals surface area contributed by atoms with Gasteiger partial charge in [-0.25, -0.2) is 0 Å². The molecule has 3 N–H and O–H groups in total. The number of nitrogens with two attached hydrogens (primary N) is 1. The van der Waals surface area contributed by atoms with Crippen LogP contribution < -0.4 is 10.6 Å². The standard InChI is InChI=1S/C16H15Cl3N2O/c1-10(11-3-2-4-12(17)7-11)20-9-16(22)21-15-8-13(18)5-6-14(15)19/h2-8,10,20H,9H2,1H3,(H,21,22)/p+1/t10-/m0/s1. The summed E-state index contributed by atoms with van der Waals surface area (Å²) in [6.07, 6.45) is 0. The molecule has 0 aliphatic heterocycles. The molecule has 2 aromatic carbocycles. The van der Waals surface area contributed by atoms with E-state index in [0.29, 0.717) is 20.8 Å². The third-order valence-electron chi connectivity index (χ3n) is 3.23. The summed E-state index contributed by atoms with van der Waals surface area (Å²) in [5.41, 5.74) is 1.59. The Morgan fingerprint density at radius 3 is 2.59 bits per heavy atom. The Kier molecular flexibility index (Phi) is 6.09. The number of amides is 1. The monoisotopic (exact) mass is 357 g/mol.